The first-order chi connectivity index (χ1) is 5.35. The highest BCUT2D eigenvalue weighted by Crippen LogP contribution is 2.62. The van der Waals surface area contributed by atoms with Gasteiger partial charge in [0.1, 0.15) is 5.37 Å². The molecule has 1 heterocycles. The molecule has 70 valence electrons. The average molecular weight is 191 g/mol. The summed E-state index contributed by atoms with van der Waals surface area (Å²) in [6, 6.07) is 0. The Bertz CT molecular complexity index is 309. The quantitative estimate of drug-likeness (QED) is 0.576. The molecule has 2 aliphatic rings. The largest absolute Gasteiger partial charge is 0.299 e. The maximum Gasteiger partial charge on any atom is 0.281 e. The third-order valence-electron chi connectivity index (χ3n) is 3.33. The number of rotatable bonds is 1. The second kappa shape index (κ2) is 2.02. The average Bonchev–Trinajstić information content (AvgIpc) is 2.34. The molecule has 0 aromatic carbocycles. The first-order valence-corrected chi connectivity index (χ1v) is 5.55. The maximum absolute atomic E-state index is 10.9. The van der Waals surface area contributed by atoms with E-state index in [0.29, 0.717) is 12.5 Å². The van der Waals surface area contributed by atoms with Crippen molar-refractivity contribution in [1.82, 2.24) is 5.32 Å². The molecule has 1 aliphatic carbocycles. The fraction of sp³-hybridized carbons (Fsp3) is 1.00. The van der Waals surface area contributed by atoms with Crippen molar-refractivity contribution in [2.75, 3.05) is 6.54 Å². The van der Waals surface area contributed by atoms with Gasteiger partial charge >= 0.3 is 0 Å². The van der Waals surface area contributed by atoms with Gasteiger partial charge in [-0.05, 0) is 11.3 Å². The molecule has 0 aromatic heterocycles. The van der Waals surface area contributed by atoms with E-state index in [9.17, 15) is 8.42 Å². The molecular formula is C7H13NO3S. The van der Waals surface area contributed by atoms with Crippen LogP contribution in [-0.4, -0.2) is 24.9 Å². The minimum Gasteiger partial charge on any atom is -0.299 e. The van der Waals surface area contributed by atoms with Crippen LogP contribution >= 0.6 is 0 Å². The standard InChI is InChI=1S/C7H13NO3S/c1-7(2)4-3-8-6(5(4)7)12(9,10)11/h4-6,8H,3H2,1-2H3,(H,9,10,11)/t4-,5-,6+/m0/s1. The summed E-state index contributed by atoms with van der Waals surface area (Å²) in [5.41, 5.74) is 0.0890. The predicted molar refractivity (Wildman–Crippen MR) is 44.1 cm³/mol. The Morgan fingerprint density at radius 1 is 1.50 bits per heavy atom. The van der Waals surface area contributed by atoms with E-state index >= 15 is 0 Å². The second-order valence-electron chi connectivity index (χ2n) is 4.30. The van der Waals surface area contributed by atoms with E-state index in [0.717, 1.165) is 0 Å². The van der Waals surface area contributed by atoms with Crippen molar-refractivity contribution in [2.45, 2.75) is 19.2 Å². The first-order valence-electron chi connectivity index (χ1n) is 4.05. The SMILES string of the molecule is CC1(C)[C@H]2[C@@H]1CN[C@@H]2S(=O)(=O)O. The Morgan fingerprint density at radius 2 is 2.08 bits per heavy atom. The van der Waals surface area contributed by atoms with Gasteiger partial charge in [-0.1, -0.05) is 13.8 Å². The van der Waals surface area contributed by atoms with Gasteiger partial charge < -0.3 is 0 Å². The van der Waals surface area contributed by atoms with E-state index in [1.54, 1.807) is 0 Å². The number of fused-ring (bicyclic) bond motifs is 1. The Balaban J connectivity index is 2.24. The van der Waals surface area contributed by atoms with Crippen LogP contribution in [0.15, 0.2) is 0 Å². The summed E-state index contributed by atoms with van der Waals surface area (Å²) < 4.78 is 30.6. The molecule has 0 unspecified atom stereocenters. The van der Waals surface area contributed by atoms with Crippen molar-refractivity contribution >= 4 is 10.1 Å². The van der Waals surface area contributed by atoms with Gasteiger partial charge in [-0.25, -0.2) is 0 Å². The van der Waals surface area contributed by atoms with E-state index in [-0.39, 0.29) is 11.3 Å². The third kappa shape index (κ3) is 0.932. The van der Waals surface area contributed by atoms with E-state index in [2.05, 4.69) is 5.32 Å². The molecule has 3 atom stereocenters. The van der Waals surface area contributed by atoms with Crippen LogP contribution < -0.4 is 5.32 Å². The molecule has 2 fully saturated rings. The van der Waals surface area contributed by atoms with Crippen LogP contribution in [0, 0.1) is 17.3 Å². The van der Waals surface area contributed by atoms with E-state index < -0.39 is 15.5 Å². The van der Waals surface area contributed by atoms with Crippen LogP contribution in [0.5, 0.6) is 0 Å². The lowest BCUT2D eigenvalue weighted by molar-refractivity contribution is 0.408. The molecule has 1 saturated carbocycles. The third-order valence-corrected chi connectivity index (χ3v) is 4.43. The van der Waals surface area contributed by atoms with Crippen LogP contribution in [0.2, 0.25) is 0 Å². The fourth-order valence-corrected chi connectivity index (χ4v) is 3.66. The second-order valence-corrected chi connectivity index (χ2v) is 5.84. The topological polar surface area (TPSA) is 66.4 Å². The molecular weight excluding hydrogens is 178 g/mol. The number of piperidine rings is 1. The van der Waals surface area contributed by atoms with Crippen LogP contribution in [0.1, 0.15) is 13.8 Å². The number of nitrogens with one attached hydrogen (secondary N) is 1. The lowest BCUT2D eigenvalue weighted by Gasteiger charge is -2.15. The van der Waals surface area contributed by atoms with Gasteiger partial charge in [-0.3, -0.25) is 9.87 Å². The van der Waals surface area contributed by atoms with Crippen molar-refractivity contribution in [1.29, 1.82) is 0 Å². The molecule has 1 aliphatic heterocycles. The summed E-state index contributed by atoms with van der Waals surface area (Å²) >= 11 is 0. The summed E-state index contributed by atoms with van der Waals surface area (Å²) in [5.74, 6) is 0.525. The van der Waals surface area contributed by atoms with Crippen molar-refractivity contribution in [3.8, 4) is 0 Å². The summed E-state index contributed by atoms with van der Waals surface area (Å²) in [4.78, 5) is 0. The smallest absolute Gasteiger partial charge is 0.281 e. The van der Waals surface area contributed by atoms with Crippen molar-refractivity contribution in [3.63, 3.8) is 0 Å². The van der Waals surface area contributed by atoms with Crippen molar-refractivity contribution in [3.05, 3.63) is 0 Å². The molecule has 0 amide bonds. The van der Waals surface area contributed by atoms with Gasteiger partial charge in [-0.15, -0.1) is 0 Å². The van der Waals surface area contributed by atoms with E-state index in [1.165, 1.54) is 0 Å². The normalized spacial score (nSPS) is 44.1. The zero-order chi connectivity index (χ0) is 9.15. The minimum absolute atomic E-state index is 0.0890. The fourth-order valence-electron chi connectivity index (χ4n) is 2.44. The molecule has 2 N–H and O–H groups in total. The van der Waals surface area contributed by atoms with Crippen LogP contribution in [-0.2, 0) is 10.1 Å². The molecule has 1 saturated heterocycles. The van der Waals surface area contributed by atoms with Gasteiger partial charge in [0.2, 0.25) is 0 Å². The monoisotopic (exact) mass is 191 g/mol. The zero-order valence-corrected chi connectivity index (χ0v) is 7.93. The highest BCUT2D eigenvalue weighted by Gasteiger charge is 2.67. The molecule has 0 radical (unpaired) electrons. The summed E-state index contributed by atoms with van der Waals surface area (Å²) in [7, 11) is -3.89. The Hall–Kier alpha value is -0.130. The maximum atomic E-state index is 10.9. The lowest BCUT2D eigenvalue weighted by Crippen LogP contribution is -2.37. The summed E-state index contributed by atoms with van der Waals surface area (Å²) in [5, 5.41) is 2.09. The number of hydrogen-bond acceptors (Lipinski definition) is 3. The van der Waals surface area contributed by atoms with Gasteiger partial charge in [0, 0.05) is 12.5 Å². The Kier molecular flexibility index (Phi) is 1.43. The summed E-state index contributed by atoms with van der Waals surface area (Å²) in [6.07, 6.45) is 0. The summed E-state index contributed by atoms with van der Waals surface area (Å²) in [6.45, 7) is 4.80. The van der Waals surface area contributed by atoms with Crippen LogP contribution in [0.4, 0.5) is 0 Å². The van der Waals surface area contributed by atoms with Gasteiger partial charge in [0.25, 0.3) is 10.1 Å². The molecule has 0 aromatic rings. The van der Waals surface area contributed by atoms with E-state index in [1.807, 2.05) is 13.8 Å². The van der Waals surface area contributed by atoms with Gasteiger partial charge in [0.15, 0.2) is 0 Å². The van der Waals surface area contributed by atoms with Crippen LogP contribution in [0.3, 0.4) is 0 Å². The van der Waals surface area contributed by atoms with E-state index in [4.69, 9.17) is 4.55 Å². The molecule has 12 heavy (non-hydrogen) atoms. The molecule has 5 heteroatoms. The molecule has 0 spiro atoms. The number of hydrogen-bond donors (Lipinski definition) is 2. The molecule has 4 nitrogen and oxygen atoms in total. The van der Waals surface area contributed by atoms with Crippen LogP contribution in [0.25, 0.3) is 0 Å². The Labute approximate surface area is 72.1 Å². The van der Waals surface area contributed by atoms with Gasteiger partial charge in [0.05, 0.1) is 0 Å². The van der Waals surface area contributed by atoms with Gasteiger partial charge in [-0.2, -0.15) is 8.42 Å². The molecule has 0 bridgehead atoms. The molecule has 2 rings (SSSR count). The minimum atomic E-state index is -3.89. The van der Waals surface area contributed by atoms with Crippen molar-refractivity contribution < 1.29 is 13.0 Å². The lowest BCUT2D eigenvalue weighted by atomic mass is 10.1. The first kappa shape index (κ1) is 8.47. The predicted octanol–water partition coefficient (Wildman–Crippen LogP) is 0.0757. The highest BCUT2D eigenvalue weighted by atomic mass is 32.2. The van der Waals surface area contributed by atoms with Crippen molar-refractivity contribution in [2.24, 2.45) is 17.3 Å². The highest BCUT2D eigenvalue weighted by molar-refractivity contribution is 7.86. The Morgan fingerprint density at radius 3 is 2.33 bits per heavy atom. The zero-order valence-electron chi connectivity index (χ0n) is 7.11.